The fraction of sp³-hybridized carbons (Fsp3) is 0.312. The minimum Gasteiger partial charge on any atom is -0.345 e. The number of aromatic nitrogens is 3. The first-order chi connectivity index (χ1) is 21.2. The predicted octanol–water partition coefficient (Wildman–Crippen LogP) is 4.28. The van der Waals surface area contributed by atoms with Crippen LogP contribution in [-0.2, 0) is 27.8 Å². The molecule has 2 amide bonds. The van der Waals surface area contributed by atoms with Gasteiger partial charge in [-0.2, -0.15) is 4.31 Å². The number of thioether (sulfide) groups is 1. The first-order valence-corrected chi connectivity index (χ1v) is 17.1. The van der Waals surface area contributed by atoms with E-state index in [1.807, 2.05) is 59.7 Å². The van der Waals surface area contributed by atoms with Gasteiger partial charge in [-0.1, -0.05) is 42.1 Å². The molecule has 3 heterocycles. The number of para-hydroxylation sites is 1. The average Bonchev–Trinajstić information content (AvgIpc) is 3.80. The number of nitrogens with zero attached hydrogens (tertiary/aromatic N) is 5. The number of anilines is 1. The van der Waals surface area contributed by atoms with Gasteiger partial charge in [-0.15, -0.1) is 10.2 Å². The van der Waals surface area contributed by atoms with Crippen molar-refractivity contribution in [2.24, 2.45) is 0 Å². The lowest BCUT2D eigenvalue weighted by Crippen LogP contribution is -2.30. The van der Waals surface area contributed by atoms with E-state index in [0.29, 0.717) is 36.2 Å². The lowest BCUT2D eigenvalue weighted by Gasteiger charge is -2.18. The molecule has 2 aliphatic heterocycles. The third kappa shape index (κ3) is 6.01. The Morgan fingerprint density at radius 2 is 1.66 bits per heavy atom. The summed E-state index contributed by atoms with van der Waals surface area (Å²) in [4.78, 5) is 28.3. The van der Waals surface area contributed by atoms with Crippen molar-refractivity contribution in [1.29, 1.82) is 0 Å². The van der Waals surface area contributed by atoms with Gasteiger partial charge in [0.25, 0.3) is 5.91 Å². The van der Waals surface area contributed by atoms with Crippen molar-refractivity contribution in [3.8, 4) is 5.69 Å². The van der Waals surface area contributed by atoms with Gasteiger partial charge in [0.05, 0.1) is 22.9 Å². The summed E-state index contributed by atoms with van der Waals surface area (Å²) >= 11 is 1.32. The molecule has 3 aromatic carbocycles. The largest absolute Gasteiger partial charge is 0.345 e. The molecule has 1 aromatic heterocycles. The minimum atomic E-state index is -3.56. The number of sulfonamides is 1. The van der Waals surface area contributed by atoms with Crippen molar-refractivity contribution in [3.05, 3.63) is 94.8 Å². The SMILES string of the molecule is Cc1ccc(C)c(-n2c(CNC(=O)c3ccc(S(=O)(=O)N4CCCC4)cc3)nnc2SCC(=O)N2CCc3ccccc32)c1. The molecule has 1 fully saturated rings. The number of carbonyl (C=O) groups excluding carboxylic acids is 2. The summed E-state index contributed by atoms with van der Waals surface area (Å²) < 4.78 is 29.1. The number of hydrogen-bond donors (Lipinski definition) is 1. The molecule has 1 saturated heterocycles. The van der Waals surface area contributed by atoms with Crippen LogP contribution in [0.25, 0.3) is 5.69 Å². The number of fused-ring (bicyclic) bond motifs is 1. The molecule has 0 bridgehead atoms. The number of aryl methyl sites for hydroxylation is 2. The number of benzene rings is 3. The first kappa shape index (κ1) is 30.0. The highest BCUT2D eigenvalue weighted by molar-refractivity contribution is 7.99. The Morgan fingerprint density at radius 1 is 0.909 bits per heavy atom. The van der Waals surface area contributed by atoms with Crippen LogP contribution in [0.5, 0.6) is 0 Å². The summed E-state index contributed by atoms with van der Waals surface area (Å²) in [6, 6.07) is 20.1. The second kappa shape index (κ2) is 12.5. The van der Waals surface area contributed by atoms with Crippen LogP contribution in [0.3, 0.4) is 0 Å². The molecular weight excluding hydrogens is 597 g/mol. The molecular formula is C32H34N6O4S2. The number of hydrogen-bond acceptors (Lipinski definition) is 7. The van der Waals surface area contributed by atoms with E-state index in [0.717, 1.165) is 41.8 Å². The third-order valence-corrected chi connectivity index (χ3v) is 10.9. The van der Waals surface area contributed by atoms with Gasteiger partial charge in [0, 0.05) is 30.9 Å². The summed E-state index contributed by atoms with van der Waals surface area (Å²) in [5.74, 6) is 0.348. The monoisotopic (exact) mass is 630 g/mol. The van der Waals surface area contributed by atoms with Gasteiger partial charge in [0.2, 0.25) is 15.9 Å². The Hall–Kier alpha value is -4.00. The van der Waals surface area contributed by atoms with Crippen molar-refractivity contribution < 1.29 is 18.0 Å². The second-order valence-electron chi connectivity index (χ2n) is 11.1. The van der Waals surface area contributed by atoms with E-state index in [2.05, 4.69) is 21.6 Å². The van der Waals surface area contributed by atoms with Gasteiger partial charge in [-0.05, 0) is 86.2 Å². The van der Waals surface area contributed by atoms with Crippen molar-refractivity contribution in [1.82, 2.24) is 24.4 Å². The highest BCUT2D eigenvalue weighted by atomic mass is 32.2. The maximum Gasteiger partial charge on any atom is 0.251 e. The molecule has 0 radical (unpaired) electrons. The van der Waals surface area contributed by atoms with E-state index >= 15 is 0 Å². The number of nitrogens with one attached hydrogen (secondary N) is 1. The van der Waals surface area contributed by atoms with Gasteiger partial charge in [-0.25, -0.2) is 8.42 Å². The molecule has 6 rings (SSSR count). The Kier molecular flexibility index (Phi) is 8.57. The Labute approximate surface area is 261 Å². The van der Waals surface area contributed by atoms with Crippen molar-refractivity contribution in [2.45, 2.75) is 49.7 Å². The van der Waals surface area contributed by atoms with Crippen molar-refractivity contribution >= 4 is 39.3 Å². The van der Waals surface area contributed by atoms with Crippen LogP contribution in [-0.4, -0.2) is 64.7 Å². The van der Waals surface area contributed by atoms with Gasteiger partial charge in [-0.3, -0.25) is 14.2 Å². The fourth-order valence-corrected chi connectivity index (χ4v) is 7.99. The van der Waals surface area contributed by atoms with Gasteiger partial charge in [0.1, 0.15) is 0 Å². The van der Waals surface area contributed by atoms with Gasteiger partial charge >= 0.3 is 0 Å². The van der Waals surface area contributed by atoms with Crippen LogP contribution in [0, 0.1) is 13.8 Å². The smallest absolute Gasteiger partial charge is 0.251 e. The lowest BCUT2D eigenvalue weighted by atomic mass is 10.1. The summed E-state index contributed by atoms with van der Waals surface area (Å²) in [6.07, 6.45) is 2.55. The molecule has 0 aliphatic carbocycles. The molecule has 44 heavy (non-hydrogen) atoms. The zero-order valence-corrected chi connectivity index (χ0v) is 26.3. The molecule has 10 nitrogen and oxygen atoms in total. The number of carbonyl (C=O) groups is 2. The number of amides is 2. The molecule has 12 heteroatoms. The Bertz CT molecular complexity index is 1810. The van der Waals surface area contributed by atoms with Crippen LogP contribution in [0.2, 0.25) is 0 Å². The molecule has 0 unspecified atom stereocenters. The molecule has 228 valence electrons. The summed E-state index contributed by atoms with van der Waals surface area (Å²) in [5.41, 5.74) is 5.40. The minimum absolute atomic E-state index is 0.000472. The maximum atomic E-state index is 13.2. The van der Waals surface area contributed by atoms with Crippen molar-refractivity contribution in [3.63, 3.8) is 0 Å². The van der Waals surface area contributed by atoms with E-state index in [-0.39, 0.29) is 29.0 Å². The molecule has 1 N–H and O–H groups in total. The highest BCUT2D eigenvalue weighted by Crippen LogP contribution is 2.30. The van der Waals surface area contributed by atoms with Crippen LogP contribution in [0.4, 0.5) is 5.69 Å². The summed E-state index contributed by atoms with van der Waals surface area (Å²) in [5, 5.41) is 12.3. The van der Waals surface area contributed by atoms with Crippen LogP contribution >= 0.6 is 11.8 Å². The zero-order chi connectivity index (χ0) is 30.8. The molecule has 0 atom stereocenters. The summed E-state index contributed by atoms with van der Waals surface area (Å²) in [7, 11) is -3.56. The zero-order valence-electron chi connectivity index (χ0n) is 24.7. The van der Waals surface area contributed by atoms with E-state index < -0.39 is 10.0 Å². The van der Waals surface area contributed by atoms with E-state index in [1.165, 1.54) is 45.9 Å². The summed E-state index contributed by atoms with van der Waals surface area (Å²) in [6.45, 7) is 5.78. The lowest BCUT2D eigenvalue weighted by molar-refractivity contribution is -0.116. The van der Waals surface area contributed by atoms with Crippen LogP contribution in [0.15, 0.2) is 76.8 Å². The third-order valence-electron chi connectivity index (χ3n) is 8.05. The van der Waals surface area contributed by atoms with E-state index in [9.17, 15) is 18.0 Å². The molecule has 2 aliphatic rings. The van der Waals surface area contributed by atoms with Crippen LogP contribution < -0.4 is 10.2 Å². The standard InChI is InChI=1S/C32H34N6O4S2/c1-22-9-10-23(2)28(19-22)38-29(34-35-32(38)43-21-30(39)37-18-15-24-7-3-4-8-27(24)37)20-33-31(40)25-11-13-26(14-12-25)44(41,42)36-16-5-6-17-36/h3-4,7-14,19H,5-6,15-18,20-21H2,1-2H3,(H,33,40). The molecule has 0 saturated carbocycles. The Morgan fingerprint density at radius 3 is 2.43 bits per heavy atom. The average molecular weight is 631 g/mol. The van der Waals surface area contributed by atoms with Gasteiger partial charge in [0.15, 0.2) is 11.0 Å². The molecule has 0 spiro atoms. The normalized spacial score (nSPS) is 15.0. The second-order valence-corrected chi connectivity index (χ2v) is 13.9. The maximum absolute atomic E-state index is 13.2. The quantitative estimate of drug-likeness (QED) is 0.275. The molecule has 4 aromatic rings. The van der Waals surface area contributed by atoms with Gasteiger partial charge < -0.3 is 10.2 Å². The van der Waals surface area contributed by atoms with Crippen LogP contribution in [0.1, 0.15) is 45.7 Å². The Balaban J connectivity index is 1.19. The van der Waals surface area contributed by atoms with E-state index in [1.54, 1.807) is 0 Å². The van der Waals surface area contributed by atoms with Crippen molar-refractivity contribution in [2.75, 3.05) is 30.3 Å². The highest BCUT2D eigenvalue weighted by Gasteiger charge is 2.28. The fourth-order valence-electron chi connectivity index (χ4n) is 5.63. The van der Waals surface area contributed by atoms with E-state index in [4.69, 9.17) is 0 Å². The predicted molar refractivity (Wildman–Crippen MR) is 170 cm³/mol. The first-order valence-electron chi connectivity index (χ1n) is 14.6. The number of rotatable bonds is 9. The topological polar surface area (TPSA) is 117 Å².